The predicted molar refractivity (Wildman–Crippen MR) is 69.2 cm³/mol. The minimum atomic E-state index is -0.238. The summed E-state index contributed by atoms with van der Waals surface area (Å²) in [5, 5.41) is 10.6. The molecule has 16 heavy (non-hydrogen) atoms. The average molecular weight is 227 g/mol. The van der Waals surface area contributed by atoms with Crippen LogP contribution in [0.4, 0.5) is 0 Å². The molecule has 3 N–H and O–H groups in total. The van der Waals surface area contributed by atoms with Gasteiger partial charge in [-0.15, -0.1) is 0 Å². The van der Waals surface area contributed by atoms with Crippen LogP contribution in [-0.2, 0) is 0 Å². The maximum Gasteiger partial charge on any atom is 0.0659 e. The quantitative estimate of drug-likeness (QED) is 0.775. The summed E-state index contributed by atoms with van der Waals surface area (Å²) in [5.41, 5.74) is 5.99. The van der Waals surface area contributed by atoms with Gasteiger partial charge in [-0.1, -0.05) is 40.5 Å². The topological polar surface area (TPSA) is 46.2 Å². The van der Waals surface area contributed by atoms with Crippen LogP contribution in [-0.4, -0.2) is 17.8 Å². The van der Waals surface area contributed by atoms with E-state index in [0.717, 1.165) is 19.3 Å². The molecule has 0 heterocycles. The van der Waals surface area contributed by atoms with Crippen LogP contribution in [0.15, 0.2) is 0 Å². The first-order chi connectivity index (χ1) is 7.34. The summed E-state index contributed by atoms with van der Waals surface area (Å²) in [6.07, 6.45) is 5.44. The summed E-state index contributed by atoms with van der Waals surface area (Å²) in [5.74, 6) is 0.695. The van der Waals surface area contributed by atoms with Crippen molar-refractivity contribution in [2.75, 3.05) is 6.54 Å². The van der Waals surface area contributed by atoms with Gasteiger partial charge in [-0.25, -0.2) is 0 Å². The molecule has 2 atom stereocenters. The summed E-state index contributed by atoms with van der Waals surface area (Å²) in [7, 11) is 0. The standard InChI is InChI=1S/C14H29NO/c1-11(2)6-9-14(10-15)8-5-7-13(3,4)12(14)16/h11-12,16H,5-10,15H2,1-4H3. The fraction of sp³-hybridized carbons (Fsp3) is 1.00. The molecule has 1 saturated carbocycles. The monoisotopic (exact) mass is 227 g/mol. The number of hydrogen-bond donors (Lipinski definition) is 2. The molecule has 0 aromatic heterocycles. The van der Waals surface area contributed by atoms with E-state index in [1.165, 1.54) is 12.8 Å². The van der Waals surface area contributed by atoms with Crippen LogP contribution in [0.25, 0.3) is 0 Å². The van der Waals surface area contributed by atoms with E-state index in [-0.39, 0.29) is 16.9 Å². The minimum absolute atomic E-state index is 0.0218. The lowest BCUT2D eigenvalue weighted by molar-refractivity contribution is -0.0942. The summed E-state index contributed by atoms with van der Waals surface area (Å²) in [6, 6.07) is 0. The Morgan fingerprint density at radius 3 is 2.44 bits per heavy atom. The highest BCUT2D eigenvalue weighted by Gasteiger charge is 2.47. The number of aliphatic hydroxyl groups is 1. The summed E-state index contributed by atoms with van der Waals surface area (Å²) < 4.78 is 0. The lowest BCUT2D eigenvalue weighted by Gasteiger charge is -2.49. The molecule has 2 unspecified atom stereocenters. The number of nitrogens with two attached hydrogens (primary N) is 1. The molecule has 0 aromatic rings. The Labute approximate surface area is 101 Å². The molecule has 1 aliphatic rings. The molecular weight excluding hydrogens is 198 g/mol. The first-order valence-corrected chi connectivity index (χ1v) is 6.72. The predicted octanol–water partition coefficient (Wildman–Crippen LogP) is 2.94. The van der Waals surface area contributed by atoms with E-state index < -0.39 is 0 Å². The van der Waals surface area contributed by atoms with E-state index >= 15 is 0 Å². The van der Waals surface area contributed by atoms with Crippen LogP contribution < -0.4 is 5.73 Å². The van der Waals surface area contributed by atoms with Crippen molar-refractivity contribution in [3.63, 3.8) is 0 Å². The van der Waals surface area contributed by atoms with Crippen molar-refractivity contribution in [3.05, 3.63) is 0 Å². The van der Waals surface area contributed by atoms with Crippen LogP contribution in [0.2, 0.25) is 0 Å². The second kappa shape index (κ2) is 5.05. The Balaban J connectivity index is 2.76. The van der Waals surface area contributed by atoms with Crippen LogP contribution in [0.3, 0.4) is 0 Å². The van der Waals surface area contributed by atoms with Gasteiger partial charge < -0.3 is 10.8 Å². The maximum atomic E-state index is 10.6. The van der Waals surface area contributed by atoms with Crippen molar-refractivity contribution in [3.8, 4) is 0 Å². The molecule has 2 heteroatoms. The maximum absolute atomic E-state index is 10.6. The third kappa shape index (κ3) is 2.78. The van der Waals surface area contributed by atoms with Gasteiger partial charge in [0.25, 0.3) is 0 Å². The summed E-state index contributed by atoms with van der Waals surface area (Å²) >= 11 is 0. The van der Waals surface area contributed by atoms with Gasteiger partial charge in [0.15, 0.2) is 0 Å². The Morgan fingerprint density at radius 2 is 1.94 bits per heavy atom. The van der Waals surface area contributed by atoms with Crippen molar-refractivity contribution in [2.45, 2.75) is 65.9 Å². The molecular formula is C14H29NO. The SMILES string of the molecule is CC(C)CCC1(CN)CCCC(C)(C)C1O. The van der Waals surface area contributed by atoms with Gasteiger partial charge in [-0.3, -0.25) is 0 Å². The fourth-order valence-corrected chi connectivity index (χ4v) is 3.15. The van der Waals surface area contributed by atoms with E-state index in [1.807, 2.05) is 0 Å². The molecule has 0 bridgehead atoms. The number of hydrogen-bond acceptors (Lipinski definition) is 2. The van der Waals surface area contributed by atoms with Gasteiger partial charge in [0.1, 0.15) is 0 Å². The van der Waals surface area contributed by atoms with Crippen molar-refractivity contribution in [1.82, 2.24) is 0 Å². The zero-order chi connectivity index (χ0) is 12.4. The summed E-state index contributed by atoms with van der Waals surface area (Å²) in [6.45, 7) is 9.46. The van der Waals surface area contributed by atoms with E-state index in [0.29, 0.717) is 12.5 Å². The van der Waals surface area contributed by atoms with Gasteiger partial charge in [-0.2, -0.15) is 0 Å². The first kappa shape index (κ1) is 14.0. The van der Waals surface area contributed by atoms with Crippen molar-refractivity contribution < 1.29 is 5.11 Å². The fourth-order valence-electron chi connectivity index (χ4n) is 3.15. The third-order valence-electron chi connectivity index (χ3n) is 4.44. The number of aliphatic hydroxyl groups excluding tert-OH is 1. The second-order valence-corrected chi connectivity index (χ2v) is 6.74. The molecule has 0 amide bonds. The second-order valence-electron chi connectivity index (χ2n) is 6.74. The summed E-state index contributed by atoms with van der Waals surface area (Å²) in [4.78, 5) is 0. The van der Waals surface area contributed by atoms with Crippen molar-refractivity contribution in [1.29, 1.82) is 0 Å². The van der Waals surface area contributed by atoms with Gasteiger partial charge in [0.05, 0.1) is 6.10 Å². The van der Waals surface area contributed by atoms with E-state index in [2.05, 4.69) is 27.7 Å². The molecule has 0 radical (unpaired) electrons. The molecule has 1 rings (SSSR count). The molecule has 0 spiro atoms. The lowest BCUT2D eigenvalue weighted by atomic mass is 9.59. The van der Waals surface area contributed by atoms with Gasteiger partial charge in [0, 0.05) is 12.0 Å². The van der Waals surface area contributed by atoms with Crippen molar-refractivity contribution >= 4 is 0 Å². The Morgan fingerprint density at radius 1 is 1.31 bits per heavy atom. The number of rotatable bonds is 4. The van der Waals surface area contributed by atoms with Gasteiger partial charge in [0.2, 0.25) is 0 Å². The molecule has 1 fully saturated rings. The first-order valence-electron chi connectivity index (χ1n) is 6.72. The highest BCUT2D eigenvalue weighted by atomic mass is 16.3. The van der Waals surface area contributed by atoms with E-state index in [1.54, 1.807) is 0 Å². The van der Waals surface area contributed by atoms with Crippen LogP contribution in [0.1, 0.15) is 59.8 Å². The molecule has 0 aliphatic heterocycles. The highest BCUT2D eigenvalue weighted by molar-refractivity contribution is 4.98. The average Bonchev–Trinajstić information content (AvgIpc) is 2.21. The van der Waals surface area contributed by atoms with E-state index in [9.17, 15) is 5.11 Å². The molecule has 0 aromatic carbocycles. The Kier molecular flexibility index (Phi) is 4.42. The lowest BCUT2D eigenvalue weighted by Crippen LogP contribution is -2.52. The Hall–Kier alpha value is -0.0800. The molecule has 2 nitrogen and oxygen atoms in total. The van der Waals surface area contributed by atoms with Gasteiger partial charge in [-0.05, 0) is 30.6 Å². The van der Waals surface area contributed by atoms with Crippen LogP contribution in [0, 0.1) is 16.7 Å². The van der Waals surface area contributed by atoms with Crippen LogP contribution >= 0.6 is 0 Å². The van der Waals surface area contributed by atoms with Gasteiger partial charge >= 0.3 is 0 Å². The molecule has 96 valence electrons. The normalized spacial score (nSPS) is 34.3. The zero-order valence-electron chi connectivity index (χ0n) is 11.4. The minimum Gasteiger partial charge on any atom is -0.392 e. The van der Waals surface area contributed by atoms with Crippen molar-refractivity contribution in [2.24, 2.45) is 22.5 Å². The molecule has 0 saturated heterocycles. The third-order valence-corrected chi connectivity index (χ3v) is 4.44. The largest absolute Gasteiger partial charge is 0.392 e. The Bertz CT molecular complexity index is 225. The van der Waals surface area contributed by atoms with E-state index in [4.69, 9.17) is 5.73 Å². The molecule has 1 aliphatic carbocycles. The van der Waals surface area contributed by atoms with Crippen LogP contribution in [0.5, 0.6) is 0 Å². The smallest absolute Gasteiger partial charge is 0.0659 e. The highest BCUT2D eigenvalue weighted by Crippen LogP contribution is 2.48. The zero-order valence-corrected chi connectivity index (χ0v) is 11.4.